The summed E-state index contributed by atoms with van der Waals surface area (Å²) in [6.07, 6.45) is 0. The van der Waals surface area contributed by atoms with Crippen molar-refractivity contribution in [2.45, 2.75) is 13.5 Å². The second-order valence-corrected chi connectivity index (χ2v) is 6.31. The third-order valence-corrected chi connectivity index (χ3v) is 4.54. The van der Waals surface area contributed by atoms with Gasteiger partial charge in [0.2, 0.25) is 0 Å². The largest absolute Gasteiger partial charge is 0.497 e. The first-order chi connectivity index (χ1) is 13.6. The summed E-state index contributed by atoms with van der Waals surface area (Å²) in [6, 6.07) is 16.5. The van der Waals surface area contributed by atoms with Crippen molar-refractivity contribution in [1.82, 2.24) is 14.9 Å². The van der Waals surface area contributed by atoms with Crippen LogP contribution in [0.3, 0.4) is 0 Å². The van der Waals surface area contributed by atoms with Gasteiger partial charge < -0.3 is 9.26 Å². The van der Waals surface area contributed by atoms with Crippen LogP contribution in [0.4, 0.5) is 0 Å². The topological polar surface area (TPSA) is 93.9 Å². The highest BCUT2D eigenvalue weighted by Crippen LogP contribution is 2.28. The van der Waals surface area contributed by atoms with Crippen molar-refractivity contribution in [3.8, 4) is 23.1 Å². The van der Waals surface area contributed by atoms with Crippen molar-refractivity contribution < 1.29 is 9.26 Å². The molecule has 0 spiro atoms. The van der Waals surface area contributed by atoms with E-state index in [1.54, 1.807) is 38.3 Å². The summed E-state index contributed by atoms with van der Waals surface area (Å²) in [4.78, 5) is 12.9. The van der Waals surface area contributed by atoms with Crippen LogP contribution in [0.2, 0.25) is 0 Å². The summed E-state index contributed by atoms with van der Waals surface area (Å²) in [5.41, 5.74) is 2.77. The molecule has 0 radical (unpaired) electrons. The molecule has 138 valence electrons. The lowest BCUT2D eigenvalue weighted by molar-refractivity contribution is 0.405. The number of aromatic nitrogens is 3. The average Bonchev–Trinajstić information content (AvgIpc) is 3.13. The first-order valence-electron chi connectivity index (χ1n) is 8.61. The third kappa shape index (κ3) is 3.01. The lowest BCUT2D eigenvalue weighted by Crippen LogP contribution is -2.24. The van der Waals surface area contributed by atoms with Crippen LogP contribution in [0.1, 0.15) is 16.9 Å². The van der Waals surface area contributed by atoms with E-state index in [-0.39, 0.29) is 17.6 Å². The van der Waals surface area contributed by atoms with Gasteiger partial charge in [0, 0.05) is 5.56 Å². The molecule has 4 aromatic rings. The minimum Gasteiger partial charge on any atom is -0.497 e. The van der Waals surface area contributed by atoms with Crippen molar-refractivity contribution in [1.29, 1.82) is 5.26 Å². The molecule has 2 aromatic carbocycles. The number of nitriles is 1. The fourth-order valence-corrected chi connectivity index (χ4v) is 3.05. The number of hydrogen-bond donors (Lipinski definition) is 0. The zero-order valence-electron chi connectivity index (χ0n) is 15.3. The van der Waals surface area contributed by atoms with Gasteiger partial charge in [0.1, 0.15) is 17.2 Å². The van der Waals surface area contributed by atoms with Crippen molar-refractivity contribution in [3.63, 3.8) is 0 Å². The first kappa shape index (κ1) is 17.5. The third-order valence-electron chi connectivity index (χ3n) is 4.54. The summed E-state index contributed by atoms with van der Waals surface area (Å²) >= 11 is 0. The Bertz CT molecular complexity index is 1250. The Balaban J connectivity index is 1.86. The molecule has 28 heavy (non-hydrogen) atoms. The molecule has 0 atom stereocenters. The lowest BCUT2D eigenvalue weighted by Gasteiger charge is -2.09. The molecule has 0 amide bonds. The van der Waals surface area contributed by atoms with Crippen molar-refractivity contribution in [3.05, 3.63) is 75.8 Å². The Morgan fingerprint density at radius 2 is 1.86 bits per heavy atom. The quantitative estimate of drug-likeness (QED) is 0.546. The van der Waals surface area contributed by atoms with Gasteiger partial charge in [-0.15, -0.1) is 0 Å². The van der Waals surface area contributed by atoms with Gasteiger partial charge >= 0.3 is 0 Å². The fraction of sp³-hybridized carbons (Fsp3) is 0.143. The Labute approximate surface area is 160 Å². The van der Waals surface area contributed by atoms with E-state index in [2.05, 4.69) is 16.3 Å². The van der Waals surface area contributed by atoms with Crippen LogP contribution in [-0.4, -0.2) is 22.0 Å². The van der Waals surface area contributed by atoms with Gasteiger partial charge in [-0.1, -0.05) is 17.3 Å². The van der Waals surface area contributed by atoms with Crippen molar-refractivity contribution in [2.75, 3.05) is 7.11 Å². The molecule has 0 aliphatic heterocycles. The standard InChI is InChI=1S/C21H16N4O3/c1-13-18-19(16-7-9-17(27-2)10-8-16)23-25(21(26)20(18)24-28-13)12-15-5-3-14(11-22)4-6-15/h3-10H,12H2,1-2H3. The molecule has 2 heterocycles. The van der Waals surface area contributed by atoms with Gasteiger partial charge in [-0.2, -0.15) is 10.4 Å². The monoisotopic (exact) mass is 372 g/mol. The number of fused-ring (bicyclic) bond motifs is 1. The molecule has 0 saturated heterocycles. The van der Waals surface area contributed by atoms with Crippen molar-refractivity contribution in [2.24, 2.45) is 0 Å². The van der Waals surface area contributed by atoms with E-state index >= 15 is 0 Å². The normalized spacial score (nSPS) is 10.8. The Morgan fingerprint density at radius 3 is 2.50 bits per heavy atom. The minimum atomic E-state index is -0.325. The maximum atomic E-state index is 12.9. The van der Waals surface area contributed by atoms with E-state index in [4.69, 9.17) is 14.5 Å². The van der Waals surface area contributed by atoms with E-state index in [1.165, 1.54) is 4.68 Å². The van der Waals surface area contributed by atoms with Gasteiger partial charge in [0.25, 0.3) is 5.56 Å². The summed E-state index contributed by atoms with van der Waals surface area (Å²) in [6.45, 7) is 2.02. The van der Waals surface area contributed by atoms with Gasteiger partial charge in [-0.05, 0) is 48.9 Å². The molecule has 0 fully saturated rings. The molecule has 0 aliphatic carbocycles. The molecular weight excluding hydrogens is 356 g/mol. The van der Waals surface area contributed by atoms with E-state index in [0.717, 1.165) is 16.9 Å². The molecule has 0 N–H and O–H groups in total. The predicted octanol–water partition coefficient (Wildman–Crippen LogP) is 3.29. The summed E-state index contributed by atoms with van der Waals surface area (Å²) in [5.74, 6) is 1.27. The average molecular weight is 372 g/mol. The van der Waals surface area contributed by atoms with Crippen LogP contribution in [0.5, 0.6) is 5.75 Å². The molecule has 4 rings (SSSR count). The number of rotatable bonds is 4. The maximum Gasteiger partial charge on any atom is 0.297 e. The molecule has 7 nitrogen and oxygen atoms in total. The molecule has 0 saturated carbocycles. The van der Waals surface area contributed by atoms with Crippen LogP contribution >= 0.6 is 0 Å². The highest BCUT2D eigenvalue weighted by atomic mass is 16.5. The Hall–Kier alpha value is -3.92. The summed E-state index contributed by atoms with van der Waals surface area (Å²) < 4.78 is 11.9. The molecule has 2 aromatic heterocycles. The first-order valence-corrected chi connectivity index (χ1v) is 8.61. The van der Waals surface area contributed by atoms with E-state index < -0.39 is 0 Å². The van der Waals surface area contributed by atoms with E-state index in [1.807, 2.05) is 24.3 Å². The molecule has 7 heteroatoms. The molecule has 0 aliphatic rings. The van der Waals surface area contributed by atoms with Crippen LogP contribution < -0.4 is 10.3 Å². The number of ether oxygens (including phenoxy) is 1. The highest BCUT2D eigenvalue weighted by molar-refractivity contribution is 5.93. The molecular formula is C21H16N4O3. The fourth-order valence-electron chi connectivity index (χ4n) is 3.05. The van der Waals surface area contributed by atoms with Crippen molar-refractivity contribution >= 4 is 10.9 Å². The Kier molecular flexibility index (Phi) is 4.38. The van der Waals surface area contributed by atoms with E-state index in [0.29, 0.717) is 22.4 Å². The van der Waals surface area contributed by atoms with Crippen LogP contribution in [0, 0.1) is 18.3 Å². The smallest absolute Gasteiger partial charge is 0.297 e. The Morgan fingerprint density at radius 1 is 1.14 bits per heavy atom. The maximum absolute atomic E-state index is 12.9. The van der Waals surface area contributed by atoms with Gasteiger partial charge in [0.05, 0.1) is 30.7 Å². The second-order valence-electron chi connectivity index (χ2n) is 6.31. The van der Waals surface area contributed by atoms with Crippen LogP contribution in [0.25, 0.3) is 22.2 Å². The number of benzene rings is 2. The van der Waals surface area contributed by atoms with Crippen LogP contribution in [-0.2, 0) is 6.54 Å². The van der Waals surface area contributed by atoms with E-state index in [9.17, 15) is 4.79 Å². The highest BCUT2D eigenvalue weighted by Gasteiger charge is 2.19. The van der Waals surface area contributed by atoms with Gasteiger partial charge in [0.15, 0.2) is 5.52 Å². The molecule has 0 unspecified atom stereocenters. The predicted molar refractivity (Wildman–Crippen MR) is 103 cm³/mol. The van der Waals surface area contributed by atoms with Crippen LogP contribution in [0.15, 0.2) is 57.8 Å². The van der Waals surface area contributed by atoms with Gasteiger partial charge in [-0.3, -0.25) is 4.79 Å². The molecule has 0 bridgehead atoms. The summed E-state index contributed by atoms with van der Waals surface area (Å²) in [5, 5.41) is 18.1. The number of methoxy groups -OCH3 is 1. The van der Waals surface area contributed by atoms with Gasteiger partial charge in [-0.25, -0.2) is 4.68 Å². The lowest BCUT2D eigenvalue weighted by atomic mass is 10.1. The SMILES string of the molecule is COc1ccc(-c2nn(Cc3ccc(C#N)cc3)c(=O)c3noc(C)c23)cc1. The summed E-state index contributed by atoms with van der Waals surface area (Å²) in [7, 11) is 1.60. The number of hydrogen-bond acceptors (Lipinski definition) is 6. The number of nitrogens with zero attached hydrogens (tertiary/aromatic N) is 4. The zero-order chi connectivity index (χ0) is 19.7. The second kappa shape index (κ2) is 7.00. The number of aryl methyl sites for hydroxylation is 1. The zero-order valence-corrected chi connectivity index (χ0v) is 15.3. The minimum absolute atomic E-state index is 0.243.